The van der Waals surface area contributed by atoms with Crippen LogP contribution in [0.4, 0.5) is 0 Å². The van der Waals surface area contributed by atoms with Gasteiger partial charge in [-0.3, -0.25) is 9.59 Å². The number of carbonyl (C=O) groups is 2. The van der Waals surface area contributed by atoms with Crippen LogP contribution in [0.5, 0.6) is 0 Å². The summed E-state index contributed by atoms with van der Waals surface area (Å²) in [6.45, 7) is 3.12. The van der Waals surface area contributed by atoms with Crippen LogP contribution in [0.1, 0.15) is 194 Å². The summed E-state index contributed by atoms with van der Waals surface area (Å²) in [7, 11) is -3.93. The number of hydrogen-bond donors (Lipinski definition) is 3. The Morgan fingerprint density at radius 1 is 0.489 bits per heavy atom. The van der Waals surface area contributed by atoms with E-state index in [2.05, 4.69) is 38.2 Å². The lowest BCUT2D eigenvalue weighted by Gasteiger charge is -2.34. The first-order chi connectivity index (χ1) is 22.7. The largest absolute Gasteiger partial charge is 0.393 e. The molecule has 3 N–H and O–H groups in total. The highest BCUT2D eigenvalue weighted by molar-refractivity contribution is 7.34. The number of Topliss-reactive ketones (excluding diaryl/α,β-unsaturated/α-hetero) is 2. The minimum atomic E-state index is -3.93. The van der Waals surface area contributed by atoms with Gasteiger partial charge in [0.15, 0.2) is 17.2 Å². The van der Waals surface area contributed by atoms with E-state index in [-0.39, 0.29) is 12.8 Å². The standard InChI is InChI=1S/C39H71O7P/c1-3-5-7-9-11-13-15-17-19-21-23-25-27-29-31-33-36(41)38(43,35-40)39(44,47(45)46)37(42)34-32-30-28-26-24-22-20-18-16-14-12-10-8-6-4-2/h17-20,40,43-44H,3-16,21-35H2,1-2H3/b19-17-,20-18-. The summed E-state index contributed by atoms with van der Waals surface area (Å²) in [5, 5.41) is 28.3. The molecule has 0 saturated heterocycles. The molecule has 0 fully saturated rings. The van der Waals surface area contributed by atoms with E-state index in [4.69, 9.17) is 0 Å². The van der Waals surface area contributed by atoms with Gasteiger partial charge in [0.2, 0.25) is 0 Å². The lowest BCUT2D eigenvalue weighted by Crippen LogP contribution is -2.63. The van der Waals surface area contributed by atoms with Crippen LogP contribution in [0.25, 0.3) is 0 Å². The zero-order valence-corrected chi connectivity index (χ0v) is 31.1. The van der Waals surface area contributed by atoms with Crippen molar-refractivity contribution in [2.24, 2.45) is 0 Å². The Bertz CT molecular complexity index is 905. The zero-order valence-electron chi connectivity index (χ0n) is 30.2. The normalized spacial score (nSPS) is 14.5. The third-order valence-electron chi connectivity index (χ3n) is 9.25. The predicted molar refractivity (Wildman–Crippen MR) is 194 cm³/mol. The maximum atomic E-state index is 12.9. The number of rotatable bonds is 35. The van der Waals surface area contributed by atoms with Gasteiger partial charge in [0.25, 0.3) is 5.34 Å². The molecule has 2 unspecified atom stereocenters. The predicted octanol–water partition coefficient (Wildman–Crippen LogP) is 10.8. The summed E-state index contributed by atoms with van der Waals surface area (Å²) in [4.78, 5) is 25.8. The first-order valence-electron chi connectivity index (χ1n) is 19.3. The SMILES string of the molecule is CCCCCCCC/C=C\CCCCCCCC(=O)C(O)(CO)C(O)(C(=O)CCCCCCC/C=C\CCCCCCCC)P(=O)=O. The minimum absolute atomic E-state index is 0.221. The summed E-state index contributed by atoms with van der Waals surface area (Å²) in [5.74, 6) is -2.15. The van der Waals surface area contributed by atoms with Crippen molar-refractivity contribution < 1.29 is 34.0 Å². The maximum absolute atomic E-state index is 12.9. The first-order valence-corrected chi connectivity index (χ1v) is 20.5. The third-order valence-corrected chi connectivity index (χ3v) is 10.4. The van der Waals surface area contributed by atoms with Crippen LogP contribution in [0.2, 0.25) is 0 Å². The van der Waals surface area contributed by atoms with Crippen molar-refractivity contribution in [2.45, 2.75) is 205 Å². The van der Waals surface area contributed by atoms with Crippen LogP contribution >= 0.6 is 7.68 Å². The molecule has 7 nitrogen and oxygen atoms in total. The van der Waals surface area contributed by atoms with Gasteiger partial charge in [0.05, 0.1) is 6.61 Å². The molecule has 0 amide bonds. The van der Waals surface area contributed by atoms with Crippen LogP contribution in [-0.2, 0) is 18.7 Å². The molecule has 0 bridgehead atoms. The van der Waals surface area contributed by atoms with Gasteiger partial charge < -0.3 is 15.3 Å². The lowest BCUT2D eigenvalue weighted by atomic mass is 9.85. The second-order valence-electron chi connectivity index (χ2n) is 13.5. The molecule has 0 saturated carbocycles. The number of aliphatic hydroxyl groups excluding tert-OH is 1. The Hall–Kier alpha value is -1.40. The fourth-order valence-corrected chi connectivity index (χ4v) is 6.78. The summed E-state index contributed by atoms with van der Waals surface area (Å²) in [6.07, 6.45) is 36.2. The Morgan fingerprint density at radius 3 is 1.11 bits per heavy atom. The molecule has 0 heterocycles. The van der Waals surface area contributed by atoms with Crippen LogP contribution in [0, 0.1) is 0 Å². The van der Waals surface area contributed by atoms with Crippen LogP contribution in [0.15, 0.2) is 24.3 Å². The van der Waals surface area contributed by atoms with Gasteiger partial charge >= 0.3 is 7.68 Å². The Morgan fingerprint density at radius 2 is 0.787 bits per heavy atom. The van der Waals surface area contributed by atoms with E-state index in [9.17, 15) is 34.0 Å². The highest BCUT2D eigenvalue weighted by atomic mass is 31.1. The molecule has 2 atom stereocenters. The van der Waals surface area contributed by atoms with E-state index in [0.29, 0.717) is 25.7 Å². The Kier molecular flexibility index (Phi) is 29.7. The number of hydrogen-bond acceptors (Lipinski definition) is 7. The average Bonchev–Trinajstić information content (AvgIpc) is 3.06. The van der Waals surface area contributed by atoms with E-state index in [0.717, 1.165) is 64.2 Å². The third kappa shape index (κ3) is 20.7. The van der Waals surface area contributed by atoms with Crippen LogP contribution in [-0.4, -0.2) is 44.4 Å². The molecule has 0 aliphatic rings. The molecule has 274 valence electrons. The van der Waals surface area contributed by atoms with Crippen molar-refractivity contribution in [1.82, 2.24) is 0 Å². The topological polar surface area (TPSA) is 129 Å². The highest BCUT2D eigenvalue weighted by Crippen LogP contribution is 2.40. The molecule has 47 heavy (non-hydrogen) atoms. The molecule has 0 radical (unpaired) electrons. The van der Waals surface area contributed by atoms with E-state index in [1.807, 2.05) is 0 Å². The van der Waals surface area contributed by atoms with Gasteiger partial charge in [-0.2, -0.15) is 0 Å². The van der Waals surface area contributed by atoms with Crippen molar-refractivity contribution in [2.75, 3.05) is 6.61 Å². The Labute approximate surface area is 288 Å². The van der Waals surface area contributed by atoms with Gasteiger partial charge in [0, 0.05) is 12.8 Å². The molecule has 0 aromatic carbocycles. The molecule has 0 aromatic rings. The lowest BCUT2D eigenvalue weighted by molar-refractivity contribution is -0.173. The zero-order chi connectivity index (χ0) is 35.1. The molecular weight excluding hydrogens is 611 g/mol. The molecule has 8 heteroatoms. The highest BCUT2D eigenvalue weighted by Gasteiger charge is 2.62. The summed E-state index contributed by atoms with van der Waals surface area (Å²) in [5.41, 5.74) is -3.07. The van der Waals surface area contributed by atoms with E-state index < -0.39 is 36.8 Å². The van der Waals surface area contributed by atoms with Gasteiger partial charge in [-0.15, -0.1) is 0 Å². The summed E-state index contributed by atoms with van der Waals surface area (Å²) >= 11 is 0. The molecule has 0 aliphatic heterocycles. The number of ketones is 2. The van der Waals surface area contributed by atoms with Crippen molar-refractivity contribution >= 4 is 19.2 Å². The number of allylic oxidation sites excluding steroid dienone is 4. The van der Waals surface area contributed by atoms with Crippen molar-refractivity contribution in [3.05, 3.63) is 24.3 Å². The van der Waals surface area contributed by atoms with E-state index in [1.54, 1.807) is 0 Å². The quantitative estimate of drug-likeness (QED) is 0.0344. The van der Waals surface area contributed by atoms with Crippen molar-refractivity contribution in [1.29, 1.82) is 0 Å². The number of aliphatic hydroxyl groups is 3. The number of unbranched alkanes of at least 4 members (excludes halogenated alkanes) is 22. The van der Waals surface area contributed by atoms with Crippen molar-refractivity contribution in [3.63, 3.8) is 0 Å². The van der Waals surface area contributed by atoms with Gasteiger partial charge in [-0.1, -0.05) is 141 Å². The Balaban J connectivity index is 4.32. The second-order valence-corrected chi connectivity index (χ2v) is 14.6. The average molecular weight is 683 g/mol. The van der Waals surface area contributed by atoms with Crippen LogP contribution < -0.4 is 0 Å². The molecule has 0 spiro atoms. The van der Waals surface area contributed by atoms with Gasteiger partial charge in [-0.25, -0.2) is 9.13 Å². The molecule has 0 aliphatic carbocycles. The molecule has 0 rings (SSSR count). The minimum Gasteiger partial charge on any atom is -0.393 e. The van der Waals surface area contributed by atoms with Gasteiger partial charge in [0.1, 0.15) is 0 Å². The monoisotopic (exact) mass is 682 g/mol. The smallest absolute Gasteiger partial charge is 0.359 e. The maximum Gasteiger partial charge on any atom is 0.359 e. The second kappa shape index (κ2) is 30.6. The van der Waals surface area contributed by atoms with Crippen LogP contribution in [0.3, 0.4) is 0 Å². The fourth-order valence-electron chi connectivity index (χ4n) is 5.97. The van der Waals surface area contributed by atoms with E-state index >= 15 is 0 Å². The number of carbonyl (C=O) groups excluding carboxylic acids is 2. The first kappa shape index (κ1) is 45.6. The fraction of sp³-hybridized carbons (Fsp3) is 0.846. The summed E-state index contributed by atoms with van der Waals surface area (Å²) in [6, 6.07) is 0. The van der Waals surface area contributed by atoms with Gasteiger partial charge in [-0.05, 0) is 64.2 Å². The molecular formula is C39H71O7P. The summed E-state index contributed by atoms with van der Waals surface area (Å²) < 4.78 is 24.2. The van der Waals surface area contributed by atoms with Crippen molar-refractivity contribution in [3.8, 4) is 0 Å². The molecule has 0 aromatic heterocycles. The van der Waals surface area contributed by atoms with E-state index in [1.165, 1.54) is 77.0 Å².